The minimum atomic E-state index is -0.204. The van der Waals surface area contributed by atoms with Crippen LogP contribution in [0.3, 0.4) is 0 Å². The fraction of sp³-hybridized carbons (Fsp3) is 0.538. The van der Waals surface area contributed by atoms with E-state index in [0.717, 1.165) is 6.29 Å². The zero-order chi connectivity index (χ0) is 12.3. The quantitative estimate of drug-likeness (QED) is 0.310. The molecular weight excluding hydrogens is 204 g/mol. The van der Waals surface area contributed by atoms with Crippen molar-refractivity contribution in [1.82, 2.24) is 0 Å². The first kappa shape index (κ1) is 12.7. The standard InChI is InChI=1S/C13H18O3/c1-5-6-16-12(15)11-10(13(11,3)4)7-9(2)8-14/h5,7-8,10-11H,1,6H2,2-4H3/b9-7+. The second-order valence-corrected chi connectivity index (χ2v) is 4.77. The van der Waals surface area contributed by atoms with Crippen molar-refractivity contribution in [2.75, 3.05) is 6.61 Å². The molecule has 1 rings (SSSR count). The summed E-state index contributed by atoms with van der Waals surface area (Å²) in [5.74, 6) is -0.234. The molecule has 16 heavy (non-hydrogen) atoms. The predicted octanol–water partition coefficient (Wildman–Crippen LogP) is 2.13. The van der Waals surface area contributed by atoms with Gasteiger partial charge in [0.1, 0.15) is 12.9 Å². The summed E-state index contributed by atoms with van der Waals surface area (Å²) in [6.45, 7) is 9.49. The zero-order valence-electron chi connectivity index (χ0n) is 10.0. The van der Waals surface area contributed by atoms with Crippen molar-refractivity contribution in [3.8, 4) is 0 Å². The van der Waals surface area contributed by atoms with Crippen molar-refractivity contribution in [1.29, 1.82) is 0 Å². The van der Waals surface area contributed by atoms with Crippen molar-refractivity contribution in [3.63, 3.8) is 0 Å². The number of esters is 1. The van der Waals surface area contributed by atoms with E-state index in [0.29, 0.717) is 5.57 Å². The fourth-order valence-corrected chi connectivity index (χ4v) is 1.99. The topological polar surface area (TPSA) is 43.4 Å². The summed E-state index contributed by atoms with van der Waals surface area (Å²) in [7, 11) is 0. The van der Waals surface area contributed by atoms with Gasteiger partial charge in [-0.05, 0) is 23.8 Å². The molecule has 0 bridgehead atoms. The molecule has 0 spiro atoms. The number of ether oxygens (including phenoxy) is 1. The number of aldehydes is 1. The molecule has 0 aliphatic heterocycles. The van der Waals surface area contributed by atoms with E-state index in [9.17, 15) is 9.59 Å². The molecule has 0 amide bonds. The van der Waals surface area contributed by atoms with Gasteiger partial charge in [-0.15, -0.1) is 0 Å². The summed E-state index contributed by atoms with van der Waals surface area (Å²) in [6, 6.07) is 0. The highest BCUT2D eigenvalue weighted by Crippen LogP contribution is 2.59. The van der Waals surface area contributed by atoms with Crippen LogP contribution in [0, 0.1) is 17.3 Å². The summed E-state index contributed by atoms with van der Waals surface area (Å²) in [5.41, 5.74) is 0.555. The van der Waals surface area contributed by atoms with E-state index < -0.39 is 0 Å². The maximum Gasteiger partial charge on any atom is 0.310 e. The van der Waals surface area contributed by atoms with Gasteiger partial charge < -0.3 is 4.74 Å². The zero-order valence-corrected chi connectivity index (χ0v) is 10.0. The summed E-state index contributed by atoms with van der Waals surface area (Å²) in [6.07, 6.45) is 4.21. The van der Waals surface area contributed by atoms with Crippen LogP contribution in [0.1, 0.15) is 20.8 Å². The van der Waals surface area contributed by atoms with Crippen molar-refractivity contribution in [3.05, 3.63) is 24.3 Å². The summed E-state index contributed by atoms with van der Waals surface area (Å²) < 4.78 is 5.02. The first-order valence-corrected chi connectivity index (χ1v) is 5.36. The van der Waals surface area contributed by atoms with Crippen LogP contribution in [0.5, 0.6) is 0 Å². The molecular formula is C13H18O3. The molecule has 3 nitrogen and oxygen atoms in total. The van der Waals surface area contributed by atoms with Gasteiger partial charge in [0.05, 0.1) is 5.92 Å². The lowest BCUT2D eigenvalue weighted by molar-refractivity contribution is -0.144. The number of carbonyl (C=O) groups excluding carboxylic acids is 2. The number of hydrogen-bond acceptors (Lipinski definition) is 3. The van der Waals surface area contributed by atoms with E-state index in [1.54, 1.807) is 13.0 Å². The second kappa shape index (κ2) is 4.64. The van der Waals surface area contributed by atoms with Crippen LogP contribution in [0.15, 0.2) is 24.3 Å². The number of rotatable bonds is 5. The van der Waals surface area contributed by atoms with Crippen LogP contribution in [-0.4, -0.2) is 18.9 Å². The lowest BCUT2D eigenvalue weighted by Crippen LogP contribution is -2.10. The Kier molecular flexibility index (Phi) is 3.68. The highest BCUT2D eigenvalue weighted by molar-refractivity contribution is 5.79. The molecule has 88 valence electrons. The minimum absolute atomic E-state index is 0.106. The molecule has 3 heteroatoms. The van der Waals surface area contributed by atoms with Gasteiger partial charge >= 0.3 is 5.97 Å². The lowest BCUT2D eigenvalue weighted by atomic mass is 10.1. The molecule has 1 aliphatic rings. The van der Waals surface area contributed by atoms with Gasteiger partial charge in [0.15, 0.2) is 0 Å². The van der Waals surface area contributed by atoms with E-state index in [1.807, 2.05) is 19.9 Å². The Morgan fingerprint density at radius 1 is 1.50 bits per heavy atom. The minimum Gasteiger partial charge on any atom is -0.461 e. The Morgan fingerprint density at radius 3 is 2.62 bits per heavy atom. The lowest BCUT2D eigenvalue weighted by Gasteiger charge is -2.02. The van der Waals surface area contributed by atoms with Gasteiger partial charge in [0.25, 0.3) is 0 Å². The molecule has 0 heterocycles. The SMILES string of the molecule is C=CCOC(=O)C1C(/C=C(\C)C=O)C1(C)C. The Bertz CT molecular complexity index is 339. The Balaban J connectivity index is 2.66. The smallest absolute Gasteiger partial charge is 0.310 e. The van der Waals surface area contributed by atoms with Crippen molar-refractivity contribution >= 4 is 12.3 Å². The maximum atomic E-state index is 11.7. The molecule has 0 aromatic carbocycles. The van der Waals surface area contributed by atoms with Crippen molar-refractivity contribution in [2.45, 2.75) is 20.8 Å². The van der Waals surface area contributed by atoms with Gasteiger partial charge in [-0.1, -0.05) is 32.6 Å². The highest BCUT2D eigenvalue weighted by Gasteiger charge is 2.61. The van der Waals surface area contributed by atoms with Gasteiger partial charge in [0.2, 0.25) is 0 Å². The van der Waals surface area contributed by atoms with Gasteiger partial charge in [-0.25, -0.2) is 0 Å². The molecule has 1 aliphatic carbocycles. The first-order valence-electron chi connectivity index (χ1n) is 5.36. The van der Waals surface area contributed by atoms with E-state index in [-0.39, 0.29) is 29.8 Å². The van der Waals surface area contributed by atoms with Crippen LogP contribution in [-0.2, 0) is 14.3 Å². The predicted molar refractivity (Wildman–Crippen MR) is 61.7 cm³/mol. The third-order valence-electron chi connectivity index (χ3n) is 3.14. The van der Waals surface area contributed by atoms with E-state index in [1.165, 1.54) is 0 Å². The molecule has 0 saturated heterocycles. The molecule has 0 radical (unpaired) electrons. The average Bonchev–Trinajstić information content (AvgIpc) is 2.77. The summed E-state index contributed by atoms with van der Waals surface area (Å²) in [5, 5.41) is 0. The van der Waals surface area contributed by atoms with Crippen molar-refractivity contribution in [2.24, 2.45) is 17.3 Å². The molecule has 0 aromatic rings. The van der Waals surface area contributed by atoms with Gasteiger partial charge in [0, 0.05) is 0 Å². The van der Waals surface area contributed by atoms with Crippen LogP contribution in [0.4, 0.5) is 0 Å². The average molecular weight is 222 g/mol. The largest absolute Gasteiger partial charge is 0.461 e. The molecule has 2 unspecified atom stereocenters. The van der Waals surface area contributed by atoms with Crippen LogP contribution >= 0.6 is 0 Å². The Hall–Kier alpha value is -1.38. The number of hydrogen-bond donors (Lipinski definition) is 0. The third-order valence-corrected chi connectivity index (χ3v) is 3.14. The molecule has 2 atom stereocenters. The summed E-state index contributed by atoms with van der Waals surface area (Å²) in [4.78, 5) is 22.2. The normalized spacial score (nSPS) is 27.1. The highest BCUT2D eigenvalue weighted by atomic mass is 16.5. The molecule has 0 N–H and O–H groups in total. The summed E-state index contributed by atoms with van der Waals surface area (Å²) >= 11 is 0. The van der Waals surface area contributed by atoms with Crippen molar-refractivity contribution < 1.29 is 14.3 Å². The number of carbonyl (C=O) groups is 2. The molecule has 1 saturated carbocycles. The maximum absolute atomic E-state index is 11.7. The Labute approximate surface area is 96.2 Å². The second-order valence-electron chi connectivity index (χ2n) is 4.77. The van der Waals surface area contributed by atoms with Crippen LogP contribution in [0.2, 0.25) is 0 Å². The van der Waals surface area contributed by atoms with Crippen LogP contribution < -0.4 is 0 Å². The number of allylic oxidation sites excluding steroid dienone is 2. The molecule has 1 fully saturated rings. The van der Waals surface area contributed by atoms with E-state index in [4.69, 9.17) is 4.74 Å². The molecule has 0 aromatic heterocycles. The van der Waals surface area contributed by atoms with E-state index >= 15 is 0 Å². The van der Waals surface area contributed by atoms with Gasteiger partial charge in [-0.2, -0.15) is 0 Å². The van der Waals surface area contributed by atoms with E-state index in [2.05, 4.69) is 6.58 Å². The van der Waals surface area contributed by atoms with Gasteiger partial charge in [-0.3, -0.25) is 9.59 Å². The monoisotopic (exact) mass is 222 g/mol. The van der Waals surface area contributed by atoms with Crippen LogP contribution in [0.25, 0.3) is 0 Å². The third kappa shape index (κ3) is 2.40. The Morgan fingerprint density at radius 2 is 2.12 bits per heavy atom. The fourth-order valence-electron chi connectivity index (χ4n) is 1.99. The first-order chi connectivity index (χ1) is 7.45.